The Morgan fingerprint density at radius 1 is 1.25 bits per heavy atom. The number of rotatable bonds is 6. The Morgan fingerprint density at radius 2 is 1.86 bits per heavy atom. The second-order valence-electron chi connectivity index (χ2n) is 6.82. The molecule has 0 aromatic heterocycles. The molecule has 0 unspecified atom stereocenters. The molecule has 0 aliphatic carbocycles. The van der Waals surface area contributed by atoms with E-state index in [2.05, 4.69) is 23.3 Å². The molecule has 1 aromatic rings. The smallest absolute Gasteiger partial charge is 0.302 e. The highest BCUT2D eigenvalue weighted by Crippen LogP contribution is 2.30. The van der Waals surface area contributed by atoms with Crippen LogP contribution in [0.1, 0.15) is 24.8 Å². The fraction of sp³-hybridized carbons (Fsp3) is 0.500. The van der Waals surface area contributed by atoms with Gasteiger partial charge in [0.15, 0.2) is 0 Å². The fourth-order valence-corrected chi connectivity index (χ4v) is 4.45. The molecule has 1 aliphatic rings. The molecule has 8 heteroatoms. The summed E-state index contributed by atoms with van der Waals surface area (Å²) in [6.45, 7) is 5.98. The van der Waals surface area contributed by atoms with Gasteiger partial charge in [-0.2, -0.15) is 17.5 Å². The van der Waals surface area contributed by atoms with Gasteiger partial charge in [0, 0.05) is 38.5 Å². The van der Waals surface area contributed by atoms with Gasteiger partial charge in [-0.15, -0.1) is 12.5 Å². The summed E-state index contributed by atoms with van der Waals surface area (Å²) >= 11 is 0. The van der Waals surface area contributed by atoms with Gasteiger partial charge in [0.05, 0.1) is 10.5 Å². The minimum absolute atomic E-state index is 0.115. The second kappa shape index (κ2) is 9.59. The van der Waals surface area contributed by atoms with Crippen molar-refractivity contribution in [1.29, 1.82) is 0 Å². The number of alkyl halides is 3. The van der Waals surface area contributed by atoms with Crippen molar-refractivity contribution in [2.75, 3.05) is 33.2 Å². The van der Waals surface area contributed by atoms with Crippen LogP contribution in [0.25, 0.3) is 0 Å². The number of hydrogen-bond donors (Lipinski definition) is 0. The Morgan fingerprint density at radius 3 is 2.39 bits per heavy atom. The summed E-state index contributed by atoms with van der Waals surface area (Å²) in [6.07, 6.45) is -0.667. The summed E-state index contributed by atoms with van der Waals surface area (Å²) in [5.74, 6) is 6.50. The molecule has 0 saturated carbocycles. The topological polar surface area (TPSA) is 40.6 Å². The minimum Gasteiger partial charge on any atom is -0.302 e. The van der Waals surface area contributed by atoms with E-state index in [4.69, 9.17) is 0 Å². The molecule has 0 N–H and O–H groups in total. The normalized spacial score (nSPS) is 16.6. The highest BCUT2D eigenvalue weighted by molar-refractivity contribution is 7.89. The molecule has 0 bridgehead atoms. The van der Waals surface area contributed by atoms with Crippen LogP contribution in [0, 0.1) is 17.8 Å². The maximum atomic E-state index is 12.6. The highest BCUT2D eigenvalue weighted by atomic mass is 32.2. The second-order valence-corrected chi connectivity index (χ2v) is 8.76. The first-order chi connectivity index (χ1) is 13.1. The zero-order valence-corrected chi connectivity index (χ0v) is 16.7. The lowest BCUT2D eigenvalue weighted by atomic mass is 9.99. The molecule has 4 nitrogen and oxygen atoms in total. The van der Waals surface area contributed by atoms with Crippen LogP contribution in [-0.2, 0) is 16.2 Å². The number of piperidine rings is 1. The molecule has 1 aliphatic heterocycles. The Hall–Kier alpha value is -1.82. The summed E-state index contributed by atoms with van der Waals surface area (Å²) < 4.78 is 64.6. The number of nitrogens with zero attached hydrogens (tertiary/aromatic N) is 2. The van der Waals surface area contributed by atoms with Crippen molar-refractivity contribution in [3.63, 3.8) is 0 Å². The van der Waals surface area contributed by atoms with Crippen LogP contribution >= 0.6 is 0 Å². The third kappa shape index (κ3) is 6.09. The molecular weight excluding hydrogens is 389 g/mol. The summed E-state index contributed by atoms with van der Waals surface area (Å²) in [4.78, 5) is 2.00. The van der Waals surface area contributed by atoms with Crippen molar-refractivity contribution in [3.05, 3.63) is 42.5 Å². The Labute approximate surface area is 165 Å². The van der Waals surface area contributed by atoms with E-state index in [9.17, 15) is 21.6 Å². The Balaban J connectivity index is 1.91. The number of halogens is 3. The van der Waals surface area contributed by atoms with Gasteiger partial charge in [-0.05, 0) is 44.2 Å². The van der Waals surface area contributed by atoms with Crippen LogP contribution in [-0.4, -0.2) is 50.8 Å². The zero-order valence-electron chi connectivity index (χ0n) is 15.9. The van der Waals surface area contributed by atoms with E-state index in [0.717, 1.165) is 43.8 Å². The van der Waals surface area contributed by atoms with Gasteiger partial charge in [-0.25, -0.2) is 8.42 Å². The van der Waals surface area contributed by atoms with Crippen molar-refractivity contribution in [1.82, 2.24) is 9.21 Å². The largest absolute Gasteiger partial charge is 0.416 e. The standard InChI is InChI=1S/C20H25F3N2O2S/c1-3-13-24(2)14-5-4-6-17-11-15-25(16-12-17)28(26,27)19-9-7-18(8-10-19)20(21,22)23/h3,7-10,17H,1,5,11-16H2,2H3. The predicted octanol–water partition coefficient (Wildman–Crippen LogP) is 3.62. The molecule has 154 valence electrons. The highest BCUT2D eigenvalue weighted by Gasteiger charge is 2.32. The maximum Gasteiger partial charge on any atom is 0.416 e. The minimum atomic E-state index is -4.49. The van der Waals surface area contributed by atoms with E-state index in [1.54, 1.807) is 0 Å². The van der Waals surface area contributed by atoms with E-state index in [1.165, 1.54) is 4.31 Å². The van der Waals surface area contributed by atoms with Crippen molar-refractivity contribution in [3.8, 4) is 11.8 Å². The summed E-state index contributed by atoms with van der Waals surface area (Å²) in [7, 11) is -1.79. The lowest BCUT2D eigenvalue weighted by Crippen LogP contribution is -2.38. The molecule has 0 amide bonds. The van der Waals surface area contributed by atoms with Gasteiger partial charge in [0.25, 0.3) is 0 Å². The van der Waals surface area contributed by atoms with Gasteiger partial charge in [-0.1, -0.05) is 12.0 Å². The van der Waals surface area contributed by atoms with Crippen LogP contribution in [0.3, 0.4) is 0 Å². The van der Waals surface area contributed by atoms with E-state index < -0.39 is 21.8 Å². The summed E-state index contributed by atoms with van der Waals surface area (Å²) in [5.41, 5.74) is -0.862. The monoisotopic (exact) mass is 414 g/mol. The van der Waals surface area contributed by atoms with E-state index >= 15 is 0 Å². The average molecular weight is 414 g/mol. The molecule has 28 heavy (non-hydrogen) atoms. The first kappa shape index (κ1) is 22.5. The van der Waals surface area contributed by atoms with Gasteiger partial charge < -0.3 is 4.90 Å². The van der Waals surface area contributed by atoms with Crippen LogP contribution < -0.4 is 0 Å². The van der Waals surface area contributed by atoms with Gasteiger partial charge in [0.1, 0.15) is 0 Å². The Bertz CT molecular complexity index is 816. The summed E-state index contributed by atoms with van der Waals surface area (Å²) in [6, 6.07) is 3.64. The SMILES string of the molecule is C=CCN(C)CCC#CC1CCN(S(=O)(=O)c2ccc(C(F)(F)F)cc2)CC1. The number of sulfonamides is 1. The molecule has 2 rings (SSSR count). The van der Waals surface area contributed by atoms with Crippen molar-refractivity contribution in [2.45, 2.75) is 30.3 Å². The number of benzene rings is 1. The number of hydrogen-bond acceptors (Lipinski definition) is 3. The molecule has 1 heterocycles. The van der Waals surface area contributed by atoms with Gasteiger partial charge in [-0.3, -0.25) is 0 Å². The molecular formula is C20H25F3N2O2S. The Kier molecular flexibility index (Phi) is 7.70. The maximum absolute atomic E-state index is 12.6. The van der Waals surface area contributed by atoms with Gasteiger partial charge >= 0.3 is 6.18 Å². The molecule has 1 fully saturated rings. The average Bonchev–Trinajstić information content (AvgIpc) is 2.65. The van der Waals surface area contributed by atoms with Crippen molar-refractivity contribution < 1.29 is 21.6 Å². The molecule has 0 spiro atoms. The van der Waals surface area contributed by atoms with Crippen LogP contribution in [0.4, 0.5) is 13.2 Å². The van der Waals surface area contributed by atoms with E-state index in [0.29, 0.717) is 25.9 Å². The third-order valence-corrected chi connectivity index (χ3v) is 6.55. The predicted molar refractivity (Wildman–Crippen MR) is 103 cm³/mol. The molecule has 1 aromatic carbocycles. The van der Waals surface area contributed by atoms with Gasteiger partial charge in [0.2, 0.25) is 10.0 Å². The third-order valence-electron chi connectivity index (χ3n) is 4.64. The quantitative estimate of drug-likeness (QED) is 0.527. The van der Waals surface area contributed by atoms with Crippen LogP contribution in [0.5, 0.6) is 0 Å². The summed E-state index contributed by atoms with van der Waals surface area (Å²) in [5, 5.41) is 0. The van der Waals surface area contributed by atoms with Crippen LogP contribution in [0.15, 0.2) is 41.8 Å². The van der Waals surface area contributed by atoms with Crippen molar-refractivity contribution >= 4 is 10.0 Å². The first-order valence-corrected chi connectivity index (χ1v) is 10.5. The number of likely N-dealkylation sites (N-methyl/N-ethyl adjacent to an activating group) is 1. The fourth-order valence-electron chi connectivity index (χ4n) is 2.98. The zero-order chi connectivity index (χ0) is 20.8. The lowest BCUT2D eigenvalue weighted by Gasteiger charge is -2.29. The molecule has 1 saturated heterocycles. The van der Waals surface area contributed by atoms with Crippen LogP contribution in [0.2, 0.25) is 0 Å². The molecule has 0 radical (unpaired) electrons. The van der Waals surface area contributed by atoms with Crippen molar-refractivity contribution in [2.24, 2.45) is 5.92 Å². The first-order valence-electron chi connectivity index (χ1n) is 9.10. The van der Waals surface area contributed by atoms with E-state index in [1.807, 2.05) is 13.1 Å². The molecule has 0 atom stereocenters. The van der Waals surface area contributed by atoms with E-state index in [-0.39, 0.29) is 10.8 Å². The lowest BCUT2D eigenvalue weighted by molar-refractivity contribution is -0.137.